The molecular weight excluding hydrogens is 367 g/mol. The van der Waals surface area contributed by atoms with Crippen molar-refractivity contribution in [1.82, 2.24) is 0 Å². The van der Waals surface area contributed by atoms with Crippen LogP contribution in [-0.2, 0) is 10.0 Å². The first kappa shape index (κ1) is 18.6. The third-order valence-corrected chi connectivity index (χ3v) is 5.19. The fourth-order valence-electron chi connectivity index (χ4n) is 2.38. The van der Waals surface area contributed by atoms with Gasteiger partial charge in [-0.05, 0) is 61.5 Å². The van der Waals surface area contributed by atoms with Crippen LogP contribution in [0, 0.1) is 12.7 Å². The van der Waals surface area contributed by atoms with Crippen LogP contribution in [0.4, 0.5) is 15.8 Å². The maximum atomic E-state index is 13.0. The number of anilines is 2. The lowest BCUT2D eigenvalue weighted by atomic mass is 10.2. The van der Waals surface area contributed by atoms with Crippen LogP contribution in [0.5, 0.6) is 0 Å². The molecule has 2 N–H and O–H groups in total. The standard InChI is InChI=1S/C20H17FN2O3S/c1-14-5-9-17(10-6-14)22-20(24)15-3-2-4-19(13-15)27(25,26)23-18-11-7-16(21)8-12-18/h2-13,23H,1H3,(H,22,24). The van der Waals surface area contributed by atoms with Crippen LogP contribution in [0.1, 0.15) is 15.9 Å². The lowest BCUT2D eigenvalue weighted by molar-refractivity contribution is 0.102. The van der Waals surface area contributed by atoms with Gasteiger partial charge >= 0.3 is 0 Å². The summed E-state index contributed by atoms with van der Waals surface area (Å²) in [5.74, 6) is -0.884. The molecule has 0 heterocycles. The highest BCUT2D eigenvalue weighted by atomic mass is 32.2. The molecule has 0 saturated carbocycles. The Morgan fingerprint density at radius 2 is 1.52 bits per heavy atom. The van der Waals surface area contributed by atoms with Crippen LogP contribution < -0.4 is 10.0 Å². The van der Waals surface area contributed by atoms with E-state index in [4.69, 9.17) is 0 Å². The van der Waals surface area contributed by atoms with Crippen molar-refractivity contribution in [3.05, 3.63) is 89.7 Å². The molecule has 0 saturated heterocycles. The number of sulfonamides is 1. The van der Waals surface area contributed by atoms with E-state index >= 15 is 0 Å². The zero-order chi connectivity index (χ0) is 19.4. The molecule has 0 aliphatic heterocycles. The maximum absolute atomic E-state index is 13.0. The van der Waals surface area contributed by atoms with Crippen molar-refractivity contribution >= 4 is 27.3 Å². The SMILES string of the molecule is Cc1ccc(NC(=O)c2cccc(S(=O)(=O)Nc3ccc(F)cc3)c2)cc1. The number of amides is 1. The zero-order valence-electron chi connectivity index (χ0n) is 14.4. The van der Waals surface area contributed by atoms with Gasteiger partial charge in [0.05, 0.1) is 4.90 Å². The van der Waals surface area contributed by atoms with Gasteiger partial charge in [0.15, 0.2) is 0 Å². The van der Waals surface area contributed by atoms with Crippen molar-refractivity contribution in [3.63, 3.8) is 0 Å². The molecule has 0 atom stereocenters. The van der Waals surface area contributed by atoms with Gasteiger partial charge in [-0.3, -0.25) is 9.52 Å². The number of benzene rings is 3. The summed E-state index contributed by atoms with van der Waals surface area (Å²) in [6.07, 6.45) is 0. The van der Waals surface area contributed by atoms with Crippen molar-refractivity contribution < 1.29 is 17.6 Å². The predicted molar refractivity (Wildman–Crippen MR) is 103 cm³/mol. The Bertz CT molecular complexity index is 1060. The molecule has 0 radical (unpaired) electrons. The van der Waals surface area contributed by atoms with Gasteiger partial charge in [0.1, 0.15) is 5.82 Å². The lowest BCUT2D eigenvalue weighted by Crippen LogP contribution is -2.16. The minimum absolute atomic E-state index is 0.0663. The van der Waals surface area contributed by atoms with Gasteiger partial charge in [0.25, 0.3) is 15.9 Å². The first-order chi connectivity index (χ1) is 12.8. The smallest absolute Gasteiger partial charge is 0.261 e. The van der Waals surface area contributed by atoms with Crippen LogP contribution in [0.15, 0.2) is 77.7 Å². The van der Waals surface area contributed by atoms with Crippen LogP contribution in [-0.4, -0.2) is 14.3 Å². The number of halogens is 1. The van der Waals surface area contributed by atoms with E-state index in [-0.39, 0.29) is 16.1 Å². The number of rotatable bonds is 5. The van der Waals surface area contributed by atoms with Crippen LogP contribution in [0.25, 0.3) is 0 Å². The van der Waals surface area contributed by atoms with Crippen LogP contribution >= 0.6 is 0 Å². The van der Waals surface area contributed by atoms with Gasteiger partial charge in [-0.25, -0.2) is 12.8 Å². The van der Waals surface area contributed by atoms with Crippen LogP contribution in [0.2, 0.25) is 0 Å². The molecule has 0 aliphatic rings. The largest absolute Gasteiger partial charge is 0.322 e. The molecule has 138 valence electrons. The summed E-state index contributed by atoms with van der Waals surface area (Å²) in [5.41, 5.74) is 2.11. The summed E-state index contributed by atoms with van der Waals surface area (Å²) in [6, 6.07) is 17.9. The third kappa shape index (κ3) is 4.71. The highest BCUT2D eigenvalue weighted by Gasteiger charge is 2.16. The molecule has 0 aliphatic carbocycles. The van der Waals surface area contributed by atoms with Gasteiger partial charge in [0.2, 0.25) is 0 Å². The molecule has 3 aromatic carbocycles. The number of carbonyl (C=O) groups excluding carboxylic acids is 1. The fourth-order valence-corrected chi connectivity index (χ4v) is 3.48. The third-order valence-electron chi connectivity index (χ3n) is 3.81. The van der Waals surface area contributed by atoms with Gasteiger partial charge in [-0.1, -0.05) is 23.8 Å². The molecule has 0 aromatic heterocycles. The molecule has 0 spiro atoms. The first-order valence-electron chi connectivity index (χ1n) is 8.10. The summed E-state index contributed by atoms with van der Waals surface area (Å²) in [4.78, 5) is 12.3. The lowest BCUT2D eigenvalue weighted by Gasteiger charge is -2.10. The topological polar surface area (TPSA) is 75.3 Å². The summed E-state index contributed by atoms with van der Waals surface area (Å²) in [7, 11) is -3.91. The number of carbonyl (C=O) groups is 1. The second kappa shape index (κ2) is 7.59. The molecular formula is C20H17FN2O3S. The van der Waals surface area contributed by atoms with E-state index in [9.17, 15) is 17.6 Å². The Balaban J connectivity index is 1.80. The molecule has 27 heavy (non-hydrogen) atoms. The second-order valence-electron chi connectivity index (χ2n) is 5.96. The predicted octanol–water partition coefficient (Wildman–Crippen LogP) is 4.19. The van der Waals surface area contributed by atoms with Crippen molar-refractivity contribution in [2.45, 2.75) is 11.8 Å². The van der Waals surface area contributed by atoms with Gasteiger partial charge in [-0.15, -0.1) is 0 Å². The van der Waals surface area contributed by atoms with E-state index in [1.807, 2.05) is 19.1 Å². The Morgan fingerprint density at radius 3 is 2.19 bits per heavy atom. The van der Waals surface area contributed by atoms with E-state index in [1.54, 1.807) is 12.1 Å². The molecule has 5 nitrogen and oxygen atoms in total. The van der Waals surface area contributed by atoms with Crippen molar-refractivity contribution in [3.8, 4) is 0 Å². The van der Waals surface area contributed by atoms with Gasteiger partial charge in [-0.2, -0.15) is 0 Å². The van der Waals surface area contributed by atoms with Gasteiger partial charge in [0, 0.05) is 16.9 Å². The summed E-state index contributed by atoms with van der Waals surface area (Å²) < 4.78 is 40.4. The minimum Gasteiger partial charge on any atom is -0.322 e. The zero-order valence-corrected chi connectivity index (χ0v) is 15.3. The first-order valence-corrected chi connectivity index (χ1v) is 9.58. The molecule has 0 bridgehead atoms. The molecule has 7 heteroatoms. The van der Waals surface area contributed by atoms with Crippen molar-refractivity contribution in [1.29, 1.82) is 0 Å². The Hall–Kier alpha value is -3.19. The molecule has 1 amide bonds. The van der Waals surface area contributed by atoms with E-state index in [0.717, 1.165) is 17.7 Å². The summed E-state index contributed by atoms with van der Waals surface area (Å²) in [6.45, 7) is 1.94. The quantitative estimate of drug-likeness (QED) is 0.693. The Morgan fingerprint density at radius 1 is 0.889 bits per heavy atom. The Labute approximate surface area is 156 Å². The fraction of sp³-hybridized carbons (Fsp3) is 0.0500. The minimum atomic E-state index is -3.91. The average molecular weight is 384 g/mol. The average Bonchev–Trinajstić information content (AvgIpc) is 2.65. The van der Waals surface area contributed by atoms with E-state index < -0.39 is 21.7 Å². The highest BCUT2D eigenvalue weighted by Crippen LogP contribution is 2.18. The summed E-state index contributed by atoms with van der Waals surface area (Å²) in [5, 5.41) is 2.72. The van der Waals surface area contributed by atoms with Crippen molar-refractivity contribution in [2.75, 3.05) is 10.0 Å². The summed E-state index contributed by atoms with van der Waals surface area (Å²) >= 11 is 0. The van der Waals surface area contributed by atoms with E-state index in [2.05, 4.69) is 10.0 Å². The van der Waals surface area contributed by atoms with Crippen molar-refractivity contribution in [2.24, 2.45) is 0 Å². The number of aryl methyl sites for hydroxylation is 1. The van der Waals surface area contributed by atoms with Crippen LogP contribution in [0.3, 0.4) is 0 Å². The van der Waals surface area contributed by atoms with E-state index in [0.29, 0.717) is 5.69 Å². The molecule has 0 unspecified atom stereocenters. The molecule has 3 aromatic rings. The molecule has 3 rings (SSSR count). The monoisotopic (exact) mass is 384 g/mol. The Kier molecular flexibility index (Phi) is 5.23. The van der Waals surface area contributed by atoms with E-state index in [1.165, 1.54) is 36.4 Å². The number of hydrogen-bond donors (Lipinski definition) is 2. The second-order valence-corrected chi connectivity index (χ2v) is 7.64. The number of nitrogens with one attached hydrogen (secondary N) is 2. The maximum Gasteiger partial charge on any atom is 0.261 e. The number of hydrogen-bond acceptors (Lipinski definition) is 3. The van der Waals surface area contributed by atoms with Gasteiger partial charge < -0.3 is 5.32 Å². The normalized spacial score (nSPS) is 11.0. The highest BCUT2D eigenvalue weighted by molar-refractivity contribution is 7.92. The molecule has 0 fully saturated rings.